The molecule has 0 saturated heterocycles. The van der Waals surface area contributed by atoms with Gasteiger partial charge in [0.25, 0.3) is 0 Å². The number of amides is 1. The number of thiazole rings is 1. The molecule has 0 fully saturated rings. The molecule has 126 valence electrons. The molecule has 4 rings (SSSR count). The third kappa shape index (κ3) is 3.08. The van der Waals surface area contributed by atoms with E-state index in [4.69, 9.17) is 9.47 Å². The molecule has 3 aromatic rings. The lowest BCUT2D eigenvalue weighted by molar-refractivity contribution is -0.111. The molecule has 1 N–H and O–H groups in total. The molecule has 2 aromatic carbocycles. The van der Waals surface area contributed by atoms with E-state index in [2.05, 4.69) is 16.4 Å². The average Bonchev–Trinajstić information content (AvgIpc) is 3.23. The molecule has 0 aliphatic carbocycles. The summed E-state index contributed by atoms with van der Waals surface area (Å²) in [6.45, 7) is 4.30. The molecular weight excluding hydrogens is 336 g/mol. The highest BCUT2D eigenvalue weighted by molar-refractivity contribution is 7.22. The molecular formula is C19H16N2O3S. The normalized spacial score (nSPS) is 12.9. The van der Waals surface area contributed by atoms with Gasteiger partial charge in [0.15, 0.2) is 16.6 Å². The van der Waals surface area contributed by atoms with E-state index in [0.717, 1.165) is 32.7 Å². The van der Waals surface area contributed by atoms with Gasteiger partial charge in [-0.15, -0.1) is 0 Å². The number of anilines is 1. The Morgan fingerprint density at radius 2 is 1.96 bits per heavy atom. The third-order valence-corrected chi connectivity index (χ3v) is 5.10. The van der Waals surface area contributed by atoms with E-state index in [1.165, 1.54) is 17.4 Å². The van der Waals surface area contributed by atoms with Crippen LogP contribution in [0, 0.1) is 13.8 Å². The predicted octanol–water partition coefficient (Wildman–Crippen LogP) is 4.29. The second-order valence-electron chi connectivity index (χ2n) is 5.83. The summed E-state index contributed by atoms with van der Waals surface area (Å²) in [5, 5.41) is 3.44. The van der Waals surface area contributed by atoms with E-state index in [1.807, 2.05) is 38.1 Å². The Balaban J connectivity index is 1.50. The molecule has 1 aromatic heterocycles. The van der Waals surface area contributed by atoms with Gasteiger partial charge in [0.1, 0.15) is 0 Å². The van der Waals surface area contributed by atoms with E-state index in [9.17, 15) is 4.79 Å². The minimum Gasteiger partial charge on any atom is -0.454 e. The Hall–Kier alpha value is -2.86. The zero-order chi connectivity index (χ0) is 17.4. The number of ether oxygens (including phenoxy) is 2. The first-order valence-corrected chi connectivity index (χ1v) is 8.67. The van der Waals surface area contributed by atoms with Crippen LogP contribution in [0.4, 0.5) is 5.13 Å². The van der Waals surface area contributed by atoms with Crippen molar-refractivity contribution in [3.05, 3.63) is 53.1 Å². The van der Waals surface area contributed by atoms with Gasteiger partial charge in [-0.05, 0) is 48.7 Å². The van der Waals surface area contributed by atoms with Gasteiger partial charge in [-0.25, -0.2) is 4.98 Å². The van der Waals surface area contributed by atoms with Crippen LogP contribution in [0.2, 0.25) is 0 Å². The summed E-state index contributed by atoms with van der Waals surface area (Å²) in [6, 6.07) is 9.67. The van der Waals surface area contributed by atoms with E-state index in [0.29, 0.717) is 10.9 Å². The maximum atomic E-state index is 12.2. The third-order valence-electron chi connectivity index (χ3n) is 4.00. The highest BCUT2D eigenvalue weighted by Crippen LogP contribution is 2.33. The molecule has 0 saturated carbocycles. The number of aromatic nitrogens is 1. The van der Waals surface area contributed by atoms with Crippen LogP contribution >= 0.6 is 11.3 Å². The summed E-state index contributed by atoms with van der Waals surface area (Å²) in [6.07, 6.45) is 3.23. The fourth-order valence-electron chi connectivity index (χ4n) is 2.65. The van der Waals surface area contributed by atoms with Crippen LogP contribution in [-0.4, -0.2) is 17.7 Å². The smallest absolute Gasteiger partial charge is 0.250 e. The highest BCUT2D eigenvalue weighted by Gasteiger charge is 2.13. The molecule has 5 nitrogen and oxygen atoms in total. The van der Waals surface area contributed by atoms with Crippen LogP contribution in [-0.2, 0) is 4.79 Å². The summed E-state index contributed by atoms with van der Waals surface area (Å²) in [5.41, 5.74) is 4.08. The fraction of sp³-hybridized carbons (Fsp3) is 0.158. The van der Waals surface area contributed by atoms with Gasteiger partial charge in [0.05, 0.1) is 10.2 Å². The van der Waals surface area contributed by atoms with Gasteiger partial charge in [-0.3, -0.25) is 10.1 Å². The first kappa shape index (κ1) is 15.7. The van der Waals surface area contributed by atoms with Crippen molar-refractivity contribution < 1.29 is 14.3 Å². The van der Waals surface area contributed by atoms with Crippen molar-refractivity contribution in [3.63, 3.8) is 0 Å². The zero-order valence-corrected chi connectivity index (χ0v) is 14.6. The number of nitrogens with zero attached hydrogens (tertiary/aromatic N) is 1. The quantitative estimate of drug-likeness (QED) is 0.714. The number of benzene rings is 2. The number of hydrogen-bond donors (Lipinski definition) is 1. The summed E-state index contributed by atoms with van der Waals surface area (Å²) in [5.74, 6) is 1.20. The SMILES string of the molecule is Cc1ccc(C)c2sc(NC(=O)/C=C/c3ccc4c(c3)OCO4)nc12. The van der Waals surface area contributed by atoms with E-state index in [-0.39, 0.29) is 12.7 Å². The Bertz CT molecular complexity index is 968. The number of hydrogen-bond acceptors (Lipinski definition) is 5. The standard InChI is InChI=1S/C19H16N2O3S/c1-11-3-4-12(2)18-17(11)21-19(25-18)20-16(22)8-6-13-5-7-14-15(9-13)24-10-23-14/h3-9H,10H2,1-2H3,(H,20,21,22)/b8-6+. The molecule has 0 spiro atoms. The maximum Gasteiger partial charge on any atom is 0.250 e. The topological polar surface area (TPSA) is 60.5 Å². The Morgan fingerprint density at radius 1 is 1.16 bits per heavy atom. The molecule has 1 aliphatic rings. The molecule has 0 atom stereocenters. The Morgan fingerprint density at radius 3 is 2.80 bits per heavy atom. The number of fused-ring (bicyclic) bond motifs is 2. The lowest BCUT2D eigenvalue weighted by Crippen LogP contribution is -2.07. The van der Waals surface area contributed by atoms with Crippen molar-refractivity contribution in [2.24, 2.45) is 0 Å². The van der Waals surface area contributed by atoms with E-state index >= 15 is 0 Å². The maximum absolute atomic E-state index is 12.2. The largest absolute Gasteiger partial charge is 0.454 e. The second-order valence-corrected chi connectivity index (χ2v) is 6.83. The molecule has 1 aliphatic heterocycles. The van der Waals surface area contributed by atoms with Gasteiger partial charge in [-0.1, -0.05) is 29.5 Å². The molecule has 0 unspecified atom stereocenters. The van der Waals surface area contributed by atoms with Crippen LogP contribution in [0.3, 0.4) is 0 Å². The average molecular weight is 352 g/mol. The van der Waals surface area contributed by atoms with Crippen LogP contribution in [0.15, 0.2) is 36.4 Å². The van der Waals surface area contributed by atoms with Gasteiger partial charge in [0.2, 0.25) is 12.7 Å². The van der Waals surface area contributed by atoms with Crippen LogP contribution in [0.5, 0.6) is 11.5 Å². The number of carbonyl (C=O) groups excluding carboxylic acids is 1. The zero-order valence-electron chi connectivity index (χ0n) is 13.8. The van der Waals surface area contributed by atoms with Crippen molar-refractivity contribution in [2.45, 2.75) is 13.8 Å². The molecule has 0 radical (unpaired) electrons. The number of carbonyl (C=O) groups is 1. The van der Waals surface area contributed by atoms with E-state index in [1.54, 1.807) is 6.08 Å². The number of aryl methyl sites for hydroxylation is 2. The summed E-state index contributed by atoms with van der Waals surface area (Å²) in [4.78, 5) is 16.7. The van der Waals surface area contributed by atoms with Gasteiger partial charge in [-0.2, -0.15) is 0 Å². The minimum absolute atomic E-state index is 0.216. The summed E-state index contributed by atoms with van der Waals surface area (Å²) in [7, 11) is 0. The molecule has 1 amide bonds. The highest BCUT2D eigenvalue weighted by atomic mass is 32.1. The van der Waals surface area contributed by atoms with Crippen LogP contribution < -0.4 is 14.8 Å². The van der Waals surface area contributed by atoms with Gasteiger partial charge >= 0.3 is 0 Å². The van der Waals surface area contributed by atoms with E-state index < -0.39 is 0 Å². The van der Waals surface area contributed by atoms with Crippen molar-refractivity contribution in [2.75, 3.05) is 12.1 Å². The lowest BCUT2D eigenvalue weighted by atomic mass is 10.1. The molecule has 2 heterocycles. The molecule has 0 bridgehead atoms. The minimum atomic E-state index is -0.216. The monoisotopic (exact) mass is 352 g/mol. The van der Waals surface area contributed by atoms with Crippen molar-refractivity contribution >= 4 is 38.7 Å². The van der Waals surface area contributed by atoms with Crippen LogP contribution in [0.1, 0.15) is 16.7 Å². The van der Waals surface area contributed by atoms with Crippen molar-refractivity contribution in [3.8, 4) is 11.5 Å². The lowest BCUT2D eigenvalue weighted by Gasteiger charge is -1.98. The fourth-order valence-corrected chi connectivity index (χ4v) is 3.66. The number of nitrogens with one attached hydrogen (secondary N) is 1. The second kappa shape index (κ2) is 6.22. The van der Waals surface area contributed by atoms with Gasteiger partial charge in [0, 0.05) is 6.08 Å². The molecule has 25 heavy (non-hydrogen) atoms. The summed E-state index contributed by atoms with van der Waals surface area (Å²) >= 11 is 1.49. The van der Waals surface area contributed by atoms with Gasteiger partial charge < -0.3 is 9.47 Å². The van der Waals surface area contributed by atoms with Crippen molar-refractivity contribution in [1.29, 1.82) is 0 Å². The number of rotatable bonds is 3. The van der Waals surface area contributed by atoms with Crippen LogP contribution in [0.25, 0.3) is 16.3 Å². The first-order valence-electron chi connectivity index (χ1n) is 7.85. The Labute approximate surface area is 148 Å². The summed E-state index contributed by atoms with van der Waals surface area (Å²) < 4.78 is 11.7. The van der Waals surface area contributed by atoms with Crippen molar-refractivity contribution in [1.82, 2.24) is 4.98 Å². The molecule has 6 heteroatoms. The Kier molecular flexibility index (Phi) is 3.89. The first-order chi connectivity index (χ1) is 12.1. The predicted molar refractivity (Wildman–Crippen MR) is 99.3 cm³/mol.